The van der Waals surface area contributed by atoms with Crippen LogP contribution in [0.1, 0.15) is 88.2 Å². The van der Waals surface area contributed by atoms with E-state index >= 15 is 0 Å². The van der Waals surface area contributed by atoms with Gasteiger partial charge in [0.1, 0.15) is 11.9 Å². The molecule has 0 spiro atoms. The number of fused-ring (bicyclic) bond motifs is 5. The van der Waals surface area contributed by atoms with Gasteiger partial charge in [0, 0.05) is 0 Å². The lowest BCUT2D eigenvalue weighted by Crippen LogP contribution is -2.57. The Hall–Kier alpha value is -1.81. The van der Waals surface area contributed by atoms with E-state index in [1.54, 1.807) is 12.1 Å². The zero-order chi connectivity index (χ0) is 29.7. The molecule has 0 bridgehead atoms. The molecular weight excluding hydrogens is 541 g/mol. The van der Waals surface area contributed by atoms with Crippen molar-refractivity contribution in [1.29, 1.82) is 0 Å². The molecule has 2 saturated carbocycles. The third-order valence-corrected chi connectivity index (χ3v) is 10.4. The quantitative estimate of drug-likeness (QED) is 0.150. The van der Waals surface area contributed by atoms with Gasteiger partial charge in [-0.1, -0.05) is 44.7 Å². The van der Waals surface area contributed by atoms with Gasteiger partial charge in [-0.2, -0.15) is 30.7 Å². The SMILES string of the molecule is C=C[C@@]12CCc3cc(O)ccc3[C@H]1[C@@H](CCCCCC[C@H](O)C(F)(F)C(F)(F)C(F)(F)F)C[C@@]1(C)[C@H]2CC[C@@H]1O. The van der Waals surface area contributed by atoms with Crippen molar-refractivity contribution in [2.45, 2.75) is 114 Å². The first-order valence-electron chi connectivity index (χ1n) is 14.2. The molecule has 40 heavy (non-hydrogen) atoms. The summed E-state index contributed by atoms with van der Waals surface area (Å²) in [5, 5.41) is 30.6. The summed E-state index contributed by atoms with van der Waals surface area (Å²) in [5.74, 6) is -11.2. The van der Waals surface area contributed by atoms with E-state index in [2.05, 4.69) is 19.6 Å². The molecule has 0 aliphatic heterocycles. The average Bonchev–Trinajstić information content (AvgIpc) is 3.18. The molecule has 226 valence electrons. The first kappa shape index (κ1) is 31.1. The van der Waals surface area contributed by atoms with Crippen molar-refractivity contribution < 1.29 is 46.1 Å². The lowest BCUT2D eigenvalue weighted by molar-refractivity contribution is -0.371. The fraction of sp³-hybridized carbons (Fsp3) is 0.733. The maximum Gasteiger partial charge on any atom is 0.459 e. The molecule has 7 atom stereocenters. The number of phenols is 1. The van der Waals surface area contributed by atoms with Gasteiger partial charge in [-0.15, -0.1) is 6.58 Å². The van der Waals surface area contributed by atoms with Crippen LogP contribution in [0.3, 0.4) is 0 Å². The van der Waals surface area contributed by atoms with Crippen LogP contribution in [-0.4, -0.2) is 45.5 Å². The molecule has 0 aromatic heterocycles. The fourth-order valence-corrected chi connectivity index (χ4v) is 8.37. The number of aliphatic hydroxyl groups is 2. The number of halogens is 7. The zero-order valence-electron chi connectivity index (χ0n) is 22.7. The van der Waals surface area contributed by atoms with Gasteiger partial charge in [-0.25, -0.2) is 0 Å². The Balaban J connectivity index is 1.43. The number of benzene rings is 1. The standard InChI is InChI=1S/C30H39F7O3/c1-3-27-15-14-18-16-20(38)10-11-21(18)25(27)19(17-26(2)22(27)12-13-23(26)39)8-6-4-5-7-9-24(40)28(31,32)29(33,34)30(35,36)37/h3,10-11,16,19,22-25,38-40H,1,4-9,12-15,17H2,2H3/t19-,22+,23-,24-,25+,26-,27-/m0/s1. The molecule has 1 aromatic rings. The first-order valence-corrected chi connectivity index (χ1v) is 14.2. The van der Waals surface area contributed by atoms with E-state index in [1.807, 2.05) is 6.07 Å². The third-order valence-electron chi connectivity index (χ3n) is 10.4. The van der Waals surface area contributed by atoms with Crippen LogP contribution in [-0.2, 0) is 6.42 Å². The first-order chi connectivity index (χ1) is 18.5. The van der Waals surface area contributed by atoms with Crippen LogP contribution < -0.4 is 0 Å². The topological polar surface area (TPSA) is 60.7 Å². The van der Waals surface area contributed by atoms with Crippen LogP contribution >= 0.6 is 0 Å². The summed E-state index contributed by atoms with van der Waals surface area (Å²) in [5.41, 5.74) is 1.76. The predicted molar refractivity (Wildman–Crippen MR) is 136 cm³/mol. The molecule has 10 heteroatoms. The van der Waals surface area contributed by atoms with Crippen molar-refractivity contribution in [3.8, 4) is 5.75 Å². The lowest BCUT2D eigenvalue weighted by Gasteiger charge is -2.60. The van der Waals surface area contributed by atoms with Gasteiger partial charge in [0.05, 0.1) is 6.10 Å². The maximum atomic E-state index is 13.7. The van der Waals surface area contributed by atoms with Crippen LogP contribution in [0, 0.1) is 22.7 Å². The maximum absolute atomic E-state index is 13.7. The molecule has 0 amide bonds. The number of allylic oxidation sites excluding steroid dienone is 1. The monoisotopic (exact) mass is 580 g/mol. The second-order valence-corrected chi connectivity index (χ2v) is 12.5. The fourth-order valence-electron chi connectivity index (χ4n) is 8.37. The number of alkyl halides is 7. The Morgan fingerprint density at radius 1 is 1.05 bits per heavy atom. The third kappa shape index (κ3) is 4.95. The summed E-state index contributed by atoms with van der Waals surface area (Å²) in [7, 11) is 0. The van der Waals surface area contributed by atoms with E-state index in [1.165, 1.54) is 5.56 Å². The highest BCUT2D eigenvalue weighted by atomic mass is 19.4. The smallest absolute Gasteiger partial charge is 0.459 e. The predicted octanol–water partition coefficient (Wildman–Crippen LogP) is 7.93. The normalized spacial score (nSPS) is 33.1. The molecule has 0 saturated heterocycles. The lowest BCUT2D eigenvalue weighted by atomic mass is 9.44. The molecular formula is C30H39F7O3. The van der Waals surface area contributed by atoms with Gasteiger partial charge >= 0.3 is 18.0 Å². The molecule has 4 rings (SSSR count). The van der Waals surface area contributed by atoms with Crippen molar-refractivity contribution in [3.63, 3.8) is 0 Å². The van der Waals surface area contributed by atoms with Crippen molar-refractivity contribution >= 4 is 0 Å². The van der Waals surface area contributed by atoms with Crippen LogP contribution in [0.2, 0.25) is 0 Å². The molecule has 3 N–H and O–H groups in total. The van der Waals surface area contributed by atoms with Gasteiger partial charge in [0.15, 0.2) is 0 Å². The minimum atomic E-state index is -6.46. The van der Waals surface area contributed by atoms with Crippen LogP contribution in [0.5, 0.6) is 5.75 Å². The number of phenolic OH excluding ortho intramolecular Hbond substituents is 1. The minimum Gasteiger partial charge on any atom is -0.508 e. The molecule has 0 heterocycles. The molecule has 0 radical (unpaired) electrons. The van der Waals surface area contributed by atoms with Crippen molar-refractivity contribution in [3.05, 3.63) is 42.0 Å². The molecule has 1 aromatic carbocycles. The van der Waals surface area contributed by atoms with Gasteiger partial charge in [-0.05, 0) is 96.8 Å². The van der Waals surface area contributed by atoms with Crippen LogP contribution in [0.4, 0.5) is 30.7 Å². The Kier molecular flexibility index (Phi) is 8.40. The summed E-state index contributed by atoms with van der Waals surface area (Å²) in [6.45, 7) is 6.40. The molecule has 0 unspecified atom stereocenters. The molecule has 3 aliphatic carbocycles. The van der Waals surface area contributed by atoms with Crippen LogP contribution in [0.25, 0.3) is 0 Å². The molecule has 3 aliphatic rings. The van der Waals surface area contributed by atoms with Gasteiger partial charge < -0.3 is 15.3 Å². The second kappa shape index (κ2) is 10.8. The van der Waals surface area contributed by atoms with Gasteiger partial charge in [0.25, 0.3) is 0 Å². The Morgan fingerprint density at radius 3 is 2.38 bits per heavy atom. The number of aliphatic hydroxyl groups excluding tert-OH is 2. The van der Waals surface area contributed by atoms with E-state index in [4.69, 9.17) is 0 Å². The van der Waals surface area contributed by atoms with E-state index in [0.29, 0.717) is 19.3 Å². The van der Waals surface area contributed by atoms with E-state index < -0.39 is 36.7 Å². The highest BCUT2D eigenvalue weighted by Gasteiger charge is 2.75. The minimum absolute atomic E-state index is 0.115. The van der Waals surface area contributed by atoms with Crippen molar-refractivity contribution in [1.82, 2.24) is 0 Å². The van der Waals surface area contributed by atoms with E-state index in [0.717, 1.165) is 44.1 Å². The van der Waals surface area contributed by atoms with Crippen molar-refractivity contribution in [2.75, 3.05) is 0 Å². The zero-order valence-corrected chi connectivity index (χ0v) is 22.7. The Morgan fingerprint density at radius 2 is 1.73 bits per heavy atom. The molecule has 3 nitrogen and oxygen atoms in total. The average molecular weight is 581 g/mol. The summed E-state index contributed by atoms with van der Waals surface area (Å²) < 4.78 is 91.0. The van der Waals surface area contributed by atoms with Gasteiger partial charge in [0.2, 0.25) is 0 Å². The summed E-state index contributed by atoms with van der Waals surface area (Å²) >= 11 is 0. The summed E-state index contributed by atoms with van der Waals surface area (Å²) in [6.07, 6.45) is -2.61. The summed E-state index contributed by atoms with van der Waals surface area (Å²) in [4.78, 5) is 0. The van der Waals surface area contributed by atoms with Gasteiger partial charge in [-0.3, -0.25) is 0 Å². The largest absolute Gasteiger partial charge is 0.508 e. The number of rotatable bonds is 10. The van der Waals surface area contributed by atoms with Crippen LogP contribution in [0.15, 0.2) is 30.9 Å². The summed E-state index contributed by atoms with van der Waals surface area (Å²) in [6, 6.07) is 5.47. The number of aromatic hydroxyl groups is 1. The number of unbranched alkanes of at least 4 members (excludes halogenated alkanes) is 3. The van der Waals surface area contributed by atoms with E-state index in [-0.39, 0.29) is 40.8 Å². The number of hydrogen-bond donors (Lipinski definition) is 3. The number of aryl methyl sites for hydroxylation is 1. The highest BCUT2D eigenvalue weighted by molar-refractivity contribution is 5.43. The molecule has 2 fully saturated rings. The Bertz CT molecular complexity index is 1070. The Labute approximate surface area is 230 Å². The number of hydrogen-bond acceptors (Lipinski definition) is 3. The van der Waals surface area contributed by atoms with E-state index in [9.17, 15) is 46.1 Å². The highest BCUT2D eigenvalue weighted by Crippen LogP contribution is 2.69. The second-order valence-electron chi connectivity index (χ2n) is 12.5. The van der Waals surface area contributed by atoms with Crippen molar-refractivity contribution in [2.24, 2.45) is 22.7 Å².